The molecule has 6 N–H and O–H groups in total. The van der Waals surface area contributed by atoms with Crippen LogP contribution in [0.4, 0.5) is 10.5 Å². The van der Waals surface area contributed by atoms with E-state index >= 15 is 0 Å². The van der Waals surface area contributed by atoms with Crippen LogP contribution in [0.5, 0.6) is 0 Å². The summed E-state index contributed by atoms with van der Waals surface area (Å²) in [6.07, 6.45) is 2.31. The van der Waals surface area contributed by atoms with Gasteiger partial charge in [0.25, 0.3) is 11.8 Å². The third-order valence-electron chi connectivity index (χ3n) is 5.47. The number of fused-ring (bicyclic) bond motifs is 1. The van der Waals surface area contributed by atoms with Crippen molar-refractivity contribution in [2.24, 2.45) is 5.73 Å². The second kappa shape index (κ2) is 12.3. The number of anilines is 1. The monoisotopic (exact) mass is 516 g/mol. The lowest BCUT2D eigenvalue weighted by atomic mass is 10.1. The Morgan fingerprint density at radius 3 is 2.43 bits per heavy atom. The van der Waals surface area contributed by atoms with E-state index in [-0.39, 0.29) is 38.5 Å². The minimum Gasteiger partial charge on any atom is -0.481 e. The van der Waals surface area contributed by atoms with Gasteiger partial charge >= 0.3 is 12.0 Å². The number of amides is 6. The van der Waals surface area contributed by atoms with Gasteiger partial charge < -0.3 is 31.6 Å². The lowest BCUT2D eigenvalue weighted by Gasteiger charge is -2.39. The molecule has 1 fully saturated rings. The molecule has 0 bridgehead atoms. The number of urea groups is 1. The highest BCUT2D eigenvalue weighted by molar-refractivity contribution is 6.00. The highest BCUT2D eigenvalue weighted by atomic mass is 16.4. The van der Waals surface area contributed by atoms with Gasteiger partial charge in [-0.3, -0.25) is 24.0 Å². The van der Waals surface area contributed by atoms with Gasteiger partial charge in [0.1, 0.15) is 18.4 Å². The van der Waals surface area contributed by atoms with Crippen LogP contribution in [-0.4, -0.2) is 75.2 Å². The third-order valence-corrected chi connectivity index (χ3v) is 5.47. The highest BCUT2D eigenvalue weighted by Gasteiger charge is 2.43. The fourth-order valence-electron chi connectivity index (χ4n) is 3.78. The maximum absolute atomic E-state index is 13.4. The second-order valence-electron chi connectivity index (χ2n) is 8.04. The number of primary amides is 1. The molecule has 37 heavy (non-hydrogen) atoms. The number of aliphatic carboxylic acids is 1. The first-order valence-electron chi connectivity index (χ1n) is 10.9. The Kier molecular flexibility index (Phi) is 9.46. The number of nitrogens with two attached hydrogens (primary N) is 1. The molecule has 2 aliphatic heterocycles. The minimum atomic E-state index is -1.32. The van der Waals surface area contributed by atoms with Gasteiger partial charge in [-0.2, -0.15) is 0 Å². The predicted octanol–water partition coefficient (Wildman–Crippen LogP) is -0.278. The van der Waals surface area contributed by atoms with Gasteiger partial charge in [0.15, 0.2) is 0 Å². The van der Waals surface area contributed by atoms with E-state index in [0.717, 1.165) is 10.0 Å². The Morgan fingerprint density at radius 1 is 1.16 bits per heavy atom. The van der Waals surface area contributed by atoms with Crippen molar-refractivity contribution in [2.75, 3.05) is 5.32 Å². The van der Waals surface area contributed by atoms with Crippen LogP contribution < -0.4 is 21.7 Å². The van der Waals surface area contributed by atoms with Gasteiger partial charge in [-0.25, -0.2) is 14.8 Å². The third kappa shape index (κ3) is 6.90. The number of carboxylic acids is 1. The SMILES string of the molecule is C.NC(=O)Nc1ccc(C(=O)N[C@H]2CCC(=O)N3C=CC[C@@H](C(=O)N[C@H](C=O)CC(=O)O)N3C2=O)cc1. The van der Waals surface area contributed by atoms with E-state index in [1.165, 1.54) is 36.5 Å². The summed E-state index contributed by atoms with van der Waals surface area (Å²) in [7, 11) is 0. The first kappa shape index (κ1) is 28.5. The van der Waals surface area contributed by atoms with E-state index in [2.05, 4.69) is 16.0 Å². The van der Waals surface area contributed by atoms with Gasteiger partial charge in [0.2, 0.25) is 11.8 Å². The molecule has 0 aromatic heterocycles. The van der Waals surface area contributed by atoms with Crippen molar-refractivity contribution >= 4 is 47.6 Å². The summed E-state index contributed by atoms with van der Waals surface area (Å²) in [4.78, 5) is 84.7. The molecule has 3 atom stereocenters. The van der Waals surface area contributed by atoms with Crippen LogP contribution in [0, 0.1) is 0 Å². The summed E-state index contributed by atoms with van der Waals surface area (Å²) in [6.45, 7) is 0. The van der Waals surface area contributed by atoms with Gasteiger partial charge in [-0.05, 0) is 37.1 Å². The fraction of sp³-hybridized carbons (Fsp3) is 0.348. The molecule has 0 saturated carbocycles. The topological polar surface area (TPSA) is 208 Å². The molecule has 14 heteroatoms. The van der Waals surface area contributed by atoms with E-state index in [0.29, 0.717) is 5.69 Å². The molecule has 0 spiro atoms. The average molecular weight is 517 g/mol. The Labute approximate surface area is 211 Å². The Hall–Kier alpha value is -4.75. The van der Waals surface area contributed by atoms with Crippen LogP contribution >= 0.6 is 0 Å². The van der Waals surface area contributed by atoms with Crippen LogP contribution in [0.15, 0.2) is 36.5 Å². The molecular weight excluding hydrogens is 488 g/mol. The van der Waals surface area contributed by atoms with Crippen molar-refractivity contribution in [1.82, 2.24) is 20.7 Å². The normalized spacial score (nSPS) is 19.5. The maximum Gasteiger partial charge on any atom is 0.316 e. The zero-order valence-corrected chi connectivity index (χ0v) is 18.9. The first-order valence-corrected chi connectivity index (χ1v) is 10.9. The average Bonchev–Trinajstić information content (AvgIpc) is 2.95. The van der Waals surface area contributed by atoms with Gasteiger partial charge in [0, 0.05) is 23.9 Å². The quantitative estimate of drug-likeness (QED) is 0.290. The molecule has 1 aromatic carbocycles. The first-order chi connectivity index (χ1) is 17.1. The van der Waals surface area contributed by atoms with Crippen LogP contribution in [0.2, 0.25) is 0 Å². The van der Waals surface area contributed by atoms with Crippen molar-refractivity contribution in [3.8, 4) is 0 Å². The van der Waals surface area contributed by atoms with Crippen molar-refractivity contribution in [2.45, 2.75) is 51.2 Å². The molecule has 1 saturated heterocycles. The van der Waals surface area contributed by atoms with Gasteiger partial charge in [0.05, 0.1) is 12.5 Å². The smallest absolute Gasteiger partial charge is 0.316 e. The summed E-state index contributed by atoms with van der Waals surface area (Å²) >= 11 is 0. The lowest BCUT2D eigenvalue weighted by molar-refractivity contribution is -0.166. The number of hydrogen-bond donors (Lipinski definition) is 5. The summed E-state index contributed by atoms with van der Waals surface area (Å²) in [5, 5.41) is 18.0. The number of hydrogen-bond acceptors (Lipinski definition) is 7. The van der Waals surface area contributed by atoms with Crippen LogP contribution in [-0.2, 0) is 24.0 Å². The molecular formula is C23H28N6O8. The van der Waals surface area contributed by atoms with Crippen LogP contribution in [0.3, 0.4) is 0 Å². The number of nitrogens with zero attached hydrogens (tertiary/aromatic N) is 2. The molecule has 198 valence electrons. The van der Waals surface area contributed by atoms with E-state index in [1.807, 2.05) is 0 Å². The standard InChI is InChI=1S/C22H24N6O8.CH4/c23-22(36)25-13-5-3-12(4-6-13)19(33)26-15-7-8-17(30)27-9-1-2-16(28(27)21(15)35)20(34)24-14(11-29)10-18(31)32;/h1,3-6,9,11,14-16H,2,7-8,10H2,(H,24,34)(H,26,33)(H,31,32)(H3,23,25,36);1H4/t14-,15-,16-;/m0./s1. The molecule has 1 aromatic rings. The van der Waals surface area contributed by atoms with Crippen molar-refractivity contribution < 1.29 is 38.7 Å². The zero-order valence-electron chi connectivity index (χ0n) is 18.9. The molecule has 0 aliphatic carbocycles. The molecule has 2 aliphatic rings. The Bertz CT molecular complexity index is 1120. The maximum atomic E-state index is 13.4. The summed E-state index contributed by atoms with van der Waals surface area (Å²) < 4.78 is 0. The summed E-state index contributed by atoms with van der Waals surface area (Å²) in [5.74, 6) is -3.98. The van der Waals surface area contributed by atoms with Crippen molar-refractivity contribution in [3.63, 3.8) is 0 Å². The summed E-state index contributed by atoms with van der Waals surface area (Å²) in [5.41, 5.74) is 5.57. The van der Waals surface area contributed by atoms with Crippen molar-refractivity contribution in [1.29, 1.82) is 0 Å². The number of aldehydes is 1. The van der Waals surface area contributed by atoms with E-state index < -0.39 is 60.2 Å². The number of carbonyl (C=O) groups excluding carboxylic acids is 6. The molecule has 6 amide bonds. The van der Waals surface area contributed by atoms with Crippen molar-refractivity contribution in [3.05, 3.63) is 42.1 Å². The Morgan fingerprint density at radius 2 is 1.84 bits per heavy atom. The number of hydrazine groups is 1. The number of carboxylic acid groups (broad SMARTS) is 1. The zero-order chi connectivity index (χ0) is 26.4. The van der Waals surface area contributed by atoms with E-state index in [4.69, 9.17) is 10.8 Å². The van der Waals surface area contributed by atoms with E-state index in [9.17, 15) is 33.6 Å². The summed E-state index contributed by atoms with van der Waals surface area (Å²) in [6, 6.07) is 1.18. The van der Waals surface area contributed by atoms with Gasteiger partial charge in [-0.1, -0.05) is 13.5 Å². The fourth-order valence-corrected chi connectivity index (χ4v) is 3.78. The lowest BCUT2D eigenvalue weighted by Crippen LogP contribution is -2.62. The molecule has 3 rings (SSSR count). The van der Waals surface area contributed by atoms with Crippen LogP contribution in [0.25, 0.3) is 0 Å². The number of nitrogens with one attached hydrogen (secondary N) is 3. The Balaban J connectivity index is 0.00000481. The predicted molar refractivity (Wildman–Crippen MR) is 128 cm³/mol. The minimum absolute atomic E-state index is 0. The second-order valence-corrected chi connectivity index (χ2v) is 8.04. The highest BCUT2D eigenvalue weighted by Crippen LogP contribution is 2.24. The number of rotatable bonds is 8. The van der Waals surface area contributed by atoms with Crippen LogP contribution in [0.1, 0.15) is 43.5 Å². The van der Waals surface area contributed by atoms with Gasteiger partial charge in [-0.15, -0.1) is 0 Å². The van der Waals surface area contributed by atoms with E-state index in [1.54, 1.807) is 0 Å². The number of benzene rings is 1. The molecule has 0 unspecified atom stereocenters. The number of carbonyl (C=O) groups is 7. The molecule has 2 heterocycles. The molecule has 14 nitrogen and oxygen atoms in total. The largest absolute Gasteiger partial charge is 0.481 e. The molecule has 0 radical (unpaired) electrons.